The van der Waals surface area contributed by atoms with Crippen LogP contribution in [0.25, 0.3) is 10.8 Å². The minimum absolute atomic E-state index is 0.367. The Balaban J connectivity index is 0.000000500. The molecule has 0 aromatic heterocycles. The number of benzene rings is 3. The highest BCUT2D eigenvalue weighted by molar-refractivity contribution is 7.85. The number of ether oxygens (including phenoxy) is 1. The standard InChI is InChI=1S/C21H23NO.CH4O3S/c1-22(2)20(18-10-4-3-5-11-18)15-16-23-21-14-8-12-17-9-6-7-13-19(17)21;1-5(2,3)4/h3-14,20H,15-16H2,1-2H3;1H3,(H,2,3,4)/t20-;/m0./s1. The summed E-state index contributed by atoms with van der Waals surface area (Å²) >= 11 is 0. The Morgan fingerprint density at radius 1 is 0.929 bits per heavy atom. The van der Waals surface area contributed by atoms with E-state index in [9.17, 15) is 8.42 Å². The van der Waals surface area contributed by atoms with Gasteiger partial charge in [0.1, 0.15) is 5.75 Å². The Kier molecular flexibility index (Phi) is 7.99. The third-order valence-corrected chi connectivity index (χ3v) is 4.21. The van der Waals surface area contributed by atoms with Gasteiger partial charge in [-0.15, -0.1) is 0 Å². The van der Waals surface area contributed by atoms with E-state index in [-0.39, 0.29) is 0 Å². The molecule has 0 spiro atoms. The largest absolute Gasteiger partial charge is 0.493 e. The van der Waals surface area contributed by atoms with Gasteiger partial charge < -0.3 is 9.64 Å². The van der Waals surface area contributed by atoms with Crippen LogP contribution in [0, 0.1) is 0 Å². The smallest absolute Gasteiger partial charge is 0.261 e. The average molecular weight is 402 g/mol. The van der Waals surface area contributed by atoms with Gasteiger partial charge in [-0.25, -0.2) is 0 Å². The van der Waals surface area contributed by atoms with E-state index in [2.05, 4.69) is 91.8 Å². The Hall–Kier alpha value is -2.41. The van der Waals surface area contributed by atoms with E-state index in [0.29, 0.717) is 18.9 Å². The van der Waals surface area contributed by atoms with Crippen molar-refractivity contribution in [1.82, 2.24) is 4.90 Å². The zero-order valence-corrected chi connectivity index (χ0v) is 17.3. The second kappa shape index (κ2) is 10.2. The number of rotatable bonds is 6. The average Bonchev–Trinajstić information content (AvgIpc) is 2.64. The molecule has 0 fully saturated rings. The Morgan fingerprint density at radius 2 is 1.50 bits per heavy atom. The van der Waals surface area contributed by atoms with Crippen LogP contribution >= 0.6 is 0 Å². The maximum atomic E-state index is 9.19. The molecule has 6 heteroatoms. The zero-order valence-electron chi connectivity index (χ0n) is 16.4. The van der Waals surface area contributed by atoms with Crippen molar-refractivity contribution in [2.75, 3.05) is 27.0 Å². The van der Waals surface area contributed by atoms with Gasteiger partial charge in [0.15, 0.2) is 0 Å². The van der Waals surface area contributed by atoms with Crippen molar-refractivity contribution < 1.29 is 17.7 Å². The van der Waals surface area contributed by atoms with Crippen molar-refractivity contribution in [3.05, 3.63) is 78.4 Å². The summed E-state index contributed by atoms with van der Waals surface area (Å²) in [5, 5.41) is 2.40. The Labute approximate surface area is 167 Å². The Morgan fingerprint density at radius 3 is 2.14 bits per heavy atom. The fourth-order valence-corrected chi connectivity index (χ4v) is 3.00. The van der Waals surface area contributed by atoms with Crippen LogP contribution in [-0.4, -0.2) is 44.8 Å². The zero-order chi connectivity index (χ0) is 20.6. The second-order valence-electron chi connectivity index (χ2n) is 6.74. The van der Waals surface area contributed by atoms with Crippen molar-refractivity contribution in [2.24, 2.45) is 0 Å². The molecular weight excluding hydrogens is 374 g/mol. The van der Waals surface area contributed by atoms with Crippen LogP contribution in [-0.2, 0) is 10.1 Å². The molecule has 0 unspecified atom stereocenters. The first-order valence-electron chi connectivity index (χ1n) is 9.00. The molecule has 1 atom stereocenters. The van der Waals surface area contributed by atoms with E-state index in [0.717, 1.165) is 12.2 Å². The molecule has 3 aromatic rings. The molecular formula is C22H27NO4S. The van der Waals surface area contributed by atoms with E-state index >= 15 is 0 Å². The van der Waals surface area contributed by atoms with Gasteiger partial charge in [0, 0.05) is 17.8 Å². The van der Waals surface area contributed by atoms with Crippen molar-refractivity contribution in [3.8, 4) is 5.75 Å². The summed E-state index contributed by atoms with van der Waals surface area (Å²) < 4.78 is 32.0. The lowest BCUT2D eigenvalue weighted by atomic mass is 10.0. The first-order valence-corrected chi connectivity index (χ1v) is 10.8. The molecule has 0 saturated carbocycles. The van der Waals surface area contributed by atoms with Crippen LogP contribution in [0.4, 0.5) is 0 Å². The molecule has 0 aliphatic rings. The molecule has 0 amide bonds. The molecule has 0 aliphatic heterocycles. The summed E-state index contributed by atoms with van der Waals surface area (Å²) in [6.07, 6.45) is 1.67. The van der Waals surface area contributed by atoms with Gasteiger partial charge in [0.05, 0.1) is 12.9 Å². The van der Waals surface area contributed by atoms with Crippen LogP contribution in [0.5, 0.6) is 5.75 Å². The van der Waals surface area contributed by atoms with Crippen LogP contribution < -0.4 is 4.74 Å². The molecule has 0 heterocycles. The number of hydrogen-bond donors (Lipinski definition) is 1. The number of hydrogen-bond acceptors (Lipinski definition) is 4. The highest BCUT2D eigenvalue weighted by atomic mass is 32.2. The lowest BCUT2D eigenvalue weighted by Gasteiger charge is -2.25. The topological polar surface area (TPSA) is 66.8 Å². The minimum Gasteiger partial charge on any atom is -0.493 e. The van der Waals surface area contributed by atoms with Gasteiger partial charge >= 0.3 is 0 Å². The lowest BCUT2D eigenvalue weighted by molar-refractivity contribution is 0.225. The summed E-state index contributed by atoms with van der Waals surface area (Å²) in [6, 6.07) is 25.6. The summed E-state index contributed by atoms with van der Waals surface area (Å²) in [5.41, 5.74) is 1.33. The summed E-state index contributed by atoms with van der Waals surface area (Å²) in [5.74, 6) is 0.966. The maximum Gasteiger partial charge on any atom is 0.261 e. The highest BCUT2D eigenvalue weighted by Gasteiger charge is 2.14. The third kappa shape index (κ3) is 7.31. The van der Waals surface area contributed by atoms with Crippen LogP contribution in [0.2, 0.25) is 0 Å². The van der Waals surface area contributed by atoms with Crippen molar-refractivity contribution in [2.45, 2.75) is 12.5 Å². The van der Waals surface area contributed by atoms with E-state index in [1.165, 1.54) is 16.3 Å². The van der Waals surface area contributed by atoms with Crippen LogP contribution in [0.1, 0.15) is 18.0 Å². The molecule has 0 saturated heterocycles. The van der Waals surface area contributed by atoms with Gasteiger partial charge in [0.2, 0.25) is 0 Å². The monoisotopic (exact) mass is 401 g/mol. The highest BCUT2D eigenvalue weighted by Crippen LogP contribution is 2.27. The van der Waals surface area contributed by atoms with Gasteiger partial charge in [-0.2, -0.15) is 8.42 Å². The maximum absolute atomic E-state index is 9.19. The fourth-order valence-electron chi connectivity index (χ4n) is 3.00. The molecule has 3 aromatic carbocycles. The van der Waals surface area contributed by atoms with Gasteiger partial charge in [-0.1, -0.05) is 66.7 Å². The molecule has 0 bridgehead atoms. The van der Waals surface area contributed by atoms with Crippen LogP contribution in [0.3, 0.4) is 0 Å². The van der Waals surface area contributed by atoms with Gasteiger partial charge in [0.25, 0.3) is 10.1 Å². The lowest BCUT2D eigenvalue weighted by Crippen LogP contribution is -2.22. The van der Waals surface area contributed by atoms with Gasteiger partial charge in [-0.05, 0) is 31.1 Å². The Bertz CT molecular complexity index is 959. The summed E-state index contributed by atoms with van der Waals surface area (Å²) in [4.78, 5) is 2.25. The first-order chi connectivity index (χ1) is 13.3. The molecule has 28 heavy (non-hydrogen) atoms. The molecule has 3 rings (SSSR count). The third-order valence-electron chi connectivity index (χ3n) is 4.21. The van der Waals surface area contributed by atoms with E-state index in [1.54, 1.807) is 0 Å². The SMILES string of the molecule is CN(C)[C@@H](CCOc1cccc2ccccc12)c1ccccc1.CS(=O)(=O)O. The molecule has 150 valence electrons. The molecule has 0 radical (unpaired) electrons. The molecule has 0 aliphatic carbocycles. The van der Waals surface area contributed by atoms with Crippen LogP contribution in [0.15, 0.2) is 72.8 Å². The number of fused-ring (bicyclic) bond motifs is 1. The van der Waals surface area contributed by atoms with E-state index in [1.807, 2.05) is 0 Å². The molecule has 5 nitrogen and oxygen atoms in total. The van der Waals surface area contributed by atoms with Crippen molar-refractivity contribution in [3.63, 3.8) is 0 Å². The summed E-state index contributed by atoms with van der Waals surface area (Å²) in [7, 11) is 0.575. The van der Waals surface area contributed by atoms with Crippen molar-refractivity contribution in [1.29, 1.82) is 0 Å². The van der Waals surface area contributed by atoms with E-state index < -0.39 is 10.1 Å². The number of nitrogens with zero attached hydrogens (tertiary/aromatic N) is 1. The van der Waals surface area contributed by atoms with Gasteiger partial charge in [-0.3, -0.25) is 4.55 Å². The summed E-state index contributed by atoms with van der Waals surface area (Å²) in [6.45, 7) is 0.700. The minimum atomic E-state index is -3.67. The normalized spacial score (nSPS) is 12.3. The first kappa shape index (κ1) is 21.9. The quantitative estimate of drug-likeness (QED) is 0.620. The second-order valence-corrected chi connectivity index (χ2v) is 8.20. The predicted octanol–water partition coefficient (Wildman–Crippen LogP) is 4.42. The molecule has 1 N–H and O–H groups in total. The fraction of sp³-hybridized carbons (Fsp3) is 0.273. The van der Waals surface area contributed by atoms with E-state index in [4.69, 9.17) is 9.29 Å². The van der Waals surface area contributed by atoms with Crippen molar-refractivity contribution >= 4 is 20.9 Å². The predicted molar refractivity (Wildman–Crippen MR) is 114 cm³/mol.